The third kappa shape index (κ3) is 5.37. The summed E-state index contributed by atoms with van der Waals surface area (Å²) < 4.78 is 13.3. The van der Waals surface area contributed by atoms with Gasteiger partial charge in [-0.25, -0.2) is 4.79 Å². The molecule has 59 valence electrons. The van der Waals surface area contributed by atoms with Gasteiger partial charge in [-0.2, -0.15) is 0 Å². The Bertz CT molecular complexity index is 91.7. The van der Waals surface area contributed by atoms with E-state index in [2.05, 4.69) is 16.6 Å². The van der Waals surface area contributed by atoms with E-state index in [1.165, 1.54) is 0 Å². The second-order valence-electron chi connectivity index (χ2n) is 1.44. The molecule has 0 saturated heterocycles. The van der Waals surface area contributed by atoms with Crippen LogP contribution >= 0.6 is 0 Å². The maximum Gasteiger partial charge on any atom is 0.508 e. The number of carbonyl (C=O) groups excluding carboxylic acids is 1. The van der Waals surface area contributed by atoms with Crippen molar-refractivity contribution in [3.63, 3.8) is 0 Å². The van der Waals surface area contributed by atoms with Crippen LogP contribution in [0.5, 0.6) is 0 Å². The zero-order chi connectivity index (χ0) is 7.82. The highest BCUT2D eigenvalue weighted by molar-refractivity contribution is 5.59. The molecule has 0 aromatic rings. The van der Waals surface area contributed by atoms with Gasteiger partial charge >= 0.3 is 6.16 Å². The average Bonchev–Trinajstić information content (AvgIpc) is 1.98. The van der Waals surface area contributed by atoms with Gasteiger partial charge in [-0.3, -0.25) is 0 Å². The lowest BCUT2D eigenvalue weighted by atomic mass is 10.7. The van der Waals surface area contributed by atoms with Crippen molar-refractivity contribution in [3.05, 3.63) is 7.11 Å². The second-order valence-corrected chi connectivity index (χ2v) is 1.44. The Morgan fingerprint density at radius 1 is 1.50 bits per heavy atom. The summed E-state index contributed by atoms with van der Waals surface area (Å²) in [5.41, 5.74) is 0. The fraction of sp³-hybridized carbons (Fsp3) is 0.667. The normalized spacial score (nSPS) is 9.00. The van der Waals surface area contributed by atoms with E-state index in [9.17, 15) is 4.79 Å². The van der Waals surface area contributed by atoms with Crippen molar-refractivity contribution in [1.82, 2.24) is 0 Å². The van der Waals surface area contributed by atoms with Gasteiger partial charge < -0.3 is 14.2 Å². The summed E-state index contributed by atoms with van der Waals surface area (Å²) in [6.45, 7) is 3.08. The first-order valence-corrected chi connectivity index (χ1v) is 2.97. The molecule has 0 aromatic heterocycles. The monoisotopic (exact) mass is 147 g/mol. The zero-order valence-corrected chi connectivity index (χ0v) is 5.96. The van der Waals surface area contributed by atoms with Crippen LogP contribution in [0.25, 0.3) is 0 Å². The summed E-state index contributed by atoms with van der Waals surface area (Å²) in [6.07, 6.45) is -0.778. The predicted molar refractivity (Wildman–Crippen MR) is 34.3 cm³/mol. The second kappa shape index (κ2) is 6.35. The zero-order valence-electron chi connectivity index (χ0n) is 5.96. The first-order chi connectivity index (χ1) is 4.81. The number of hydrogen-bond donors (Lipinski definition) is 0. The third-order valence-electron chi connectivity index (χ3n) is 0.770. The van der Waals surface area contributed by atoms with Crippen LogP contribution < -0.4 is 0 Å². The summed E-state index contributed by atoms with van der Waals surface area (Å²) in [5.74, 6) is 0. The number of hydrogen-bond acceptors (Lipinski definition) is 4. The predicted octanol–water partition coefficient (Wildman–Crippen LogP) is 0.968. The molecule has 0 heterocycles. The van der Waals surface area contributed by atoms with E-state index in [1.54, 1.807) is 0 Å². The van der Waals surface area contributed by atoms with Gasteiger partial charge in [0.2, 0.25) is 0 Å². The van der Waals surface area contributed by atoms with Gasteiger partial charge in [0.15, 0.2) is 0 Å². The molecule has 0 aliphatic heterocycles. The molecular formula is C6H11O4. The van der Waals surface area contributed by atoms with Gasteiger partial charge in [-0.05, 0) is 6.92 Å². The average molecular weight is 147 g/mol. The van der Waals surface area contributed by atoms with Gasteiger partial charge in [-0.1, -0.05) is 0 Å². The van der Waals surface area contributed by atoms with Crippen molar-refractivity contribution in [1.29, 1.82) is 0 Å². The minimum absolute atomic E-state index is 0.211. The van der Waals surface area contributed by atoms with Gasteiger partial charge in [0.05, 0.1) is 6.61 Å². The van der Waals surface area contributed by atoms with E-state index < -0.39 is 6.16 Å². The molecule has 0 aromatic carbocycles. The fourth-order valence-corrected chi connectivity index (χ4v) is 0.370. The van der Waals surface area contributed by atoms with Crippen molar-refractivity contribution >= 4 is 6.16 Å². The molecule has 0 unspecified atom stereocenters. The highest BCUT2D eigenvalue weighted by Crippen LogP contribution is 1.83. The molecule has 0 spiro atoms. The first-order valence-electron chi connectivity index (χ1n) is 2.97. The lowest BCUT2D eigenvalue weighted by molar-refractivity contribution is 0.0467. The molecule has 0 N–H and O–H groups in total. The molecule has 0 amide bonds. The molecule has 0 aliphatic carbocycles. The molecule has 0 fully saturated rings. The largest absolute Gasteiger partial charge is 0.508 e. The lowest BCUT2D eigenvalue weighted by Gasteiger charge is -2.01. The Morgan fingerprint density at radius 2 is 2.20 bits per heavy atom. The molecule has 0 rings (SSSR count). The van der Waals surface area contributed by atoms with Crippen molar-refractivity contribution < 1.29 is 19.0 Å². The van der Waals surface area contributed by atoms with E-state index in [1.807, 2.05) is 6.92 Å². The molecule has 4 nitrogen and oxygen atoms in total. The van der Waals surface area contributed by atoms with Crippen molar-refractivity contribution in [3.8, 4) is 0 Å². The Labute approximate surface area is 60.1 Å². The third-order valence-corrected chi connectivity index (χ3v) is 0.770. The van der Waals surface area contributed by atoms with E-state index in [0.717, 1.165) is 0 Å². The van der Waals surface area contributed by atoms with Crippen molar-refractivity contribution in [2.24, 2.45) is 0 Å². The number of rotatable bonds is 4. The quantitative estimate of drug-likeness (QED) is 0.439. The minimum atomic E-state index is -0.778. The maximum atomic E-state index is 10.2. The summed E-state index contributed by atoms with van der Waals surface area (Å²) in [7, 11) is 2.87. The van der Waals surface area contributed by atoms with Crippen LogP contribution in [0, 0.1) is 7.11 Å². The fourth-order valence-electron chi connectivity index (χ4n) is 0.370. The summed E-state index contributed by atoms with van der Waals surface area (Å²) in [4.78, 5) is 10.2. The molecule has 0 saturated carbocycles. The Kier molecular flexibility index (Phi) is 5.86. The van der Waals surface area contributed by atoms with Gasteiger partial charge in [-0.15, -0.1) is 0 Å². The Balaban J connectivity index is 2.96. The standard InChI is InChI=1S/C6H11O4/c1-3-9-4-5-10-6(7)8-2/h2-5H2,1H3. The molecular weight excluding hydrogens is 136 g/mol. The smallest absolute Gasteiger partial charge is 0.432 e. The molecule has 0 aliphatic rings. The van der Waals surface area contributed by atoms with Gasteiger partial charge in [0.25, 0.3) is 0 Å². The Hall–Kier alpha value is -0.770. The van der Waals surface area contributed by atoms with Crippen LogP contribution in [0.15, 0.2) is 0 Å². The number of carbonyl (C=O) groups is 1. The lowest BCUT2D eigenvalue weighted by Crippen LogP contribution is -2.09. The first kappa shape index (κ1) is 9.23. The highest BCUT2D eigenvalue weighted by atomic mass is 16.7. The molecule has 1 radical (unpaired) electrons. The van der Waals surface area contributed by atoms with E-state index in [-0.39, 0.29) is 6.61 Å². The van der Waals surface area contributed by atoms with E-state index in [4.69, 9.17) is 4.74 Å². The summed E-state index contributed by atoms with van der Waals surface area (Å²) in [5, 5.41) is 0. The van der Waals surface area contributed by atoms with Crippen LogP contribution in [-0.2, 0) is 14.2 Å². The van der Waals surface area contributed by atoms with Crippen LogP contribution in [0.3, 0.4) is 0 Å². The molecule has 10 heavy (non-hydrogen) atoms. The van der Waals surface area contributed by atoms with E-state index in [0.29, 0.717) is 13.2 Å². The van der Waals surface area contributed by atoms with E-state index >= 15 is 0 Å². The minimum Gasteiger partial charge on any atom is -0.432 e. The van der Waals surface area contributed by atoms with Crippen LogP contribution in [-0.4, -0.2) is 26.0 Å². The van der Waals surface area contributed by atoms with Crippen molar-refractivity contribution in [2.45, 2.75) is 6.92 Å². The molecule has 4 heteroatoms. The van der Waals surface area contributed by atoms with Crippen LogP contribution in [0.2, 0.25) is 0 Å². The molecule has 0 atom stereocenters. The maximum absolute atomic E-state index is 10.2. The highest BCUT2D eigenvalue weighted by Gasteiger charge is 1.97. The van der Waals surface area contributed by atoms with Gasteiger partial charge in [0.1, 0.15) is 13.7 Å². The van der Waals surface area contributed by atoms with Gasteiger partial charge in [0, 0.05) is 6.61 Å². The summed E-state index contributed by atoms with van der Waals surface area (Å²) in [6, 6.07) is 0. The molecule has 0 bridgehead atoms. The van der Waals surface area contributed by atoms with Crippen molar-refractivity contribution in [2.75, 3.05) is 19.8 Å². The number of ether oxygens (including phenoxy) is 3. The van der Waals surface area contributed by atoms with Crippen LogP contribution in [0.4, 0.5) is 4.79 Å². The van der Waals surface area contributed by atoms with Crippen LogP contribution in [0.1, 0.15) is 6.92 Å². The topological polar surface area (TPSA) is 44.8 Å². The Morgan fingerprint density at radius 3 is 2.70 bits per heavy atom. The summed E-state index contributed by atoms with van der Waals surface area (Å²) >= 11 is 0. The SMILES string of the molecule is [CH2]OC(=O)OCCOCC.